The van der Waals surface area contributed by atoms with Gasteiger partial charge in [0.05, 0.1) is 6.20 Å². The van der Waals surface area contributed by atoms with Crippen molar-refractivity contribution in [1.82, 2.24) is 29.4 Å². The molecule has 0 aromatic carbocycles. The Morgan fingerprint density at radius 3 is 2.95 bits per heavy atom. The molecule has 8 heteroatoms. The molecule has 3 rings (SSSR count). The summed E-state index contributed by atoms with van der Waals surface area (Å²) in [5.41, 5.74) is 1.91. The van der Waals surface area contributed by atoms with Gasteiger partial charge >= 0.3 is 0 Å². The second-order valence-electron chi connectivity index (χ2n) is 4.22. The highest BCUT2D eigenvalue weighted by Crippen LogP contribution is 2.22. The fraction of sp³-hybridized carbons (Fsp3) is 0.273. The molecule has 0 fully saturated rings. The standard InChI is InChI=1S/C11H12ClN7/c1-7-9(12)17-11-14-6-16-19(11)10(7)13-3-8-4-15-18(2)5-8/h4-6,13H,3H2,1-2H3. The maximum Gasteiger partial charge on any atom is 0.255 e. The number of anilines is 1. The summed E-state index contributed by atoms with van der Waals surface area (Å²) in [5, 5.41) is 12.0. The molecule has 0 aliphatic rings. The normalized spacial score (nSPS) is 11.1. The quantitative estimate of drug-likeness (QED) is 0.733. The molecule has 3 heterocycles. The number of rotatable bonds is 3. The lowest BCUT2D eigenvalue weighted by atomic mass is 10.3. The van der Waals surface area contributed by atoms with Gasteiger partial charge in [0.25, 0.3) is 5.78 Å². The smallest absolute Gasteiger partial charge is 0.255 e. The number of hydrogen-bond acceptors (Lipinski definition) is 5. The molecular weight excluding hydrogens is 266 g/mol. The second kappa shape index (κ2) is 4.51. The highest BCUT2D eigenvalue weighted by atomic mass is 35.5. The highest BCUT2D eigenvalue weighted by Gasteiger charge is 2.12. The van der Waals surface area contributed by atoms with E-state index in [1.165, 1.54) is 6.33 Å². The molecule has 0 aliphatic carbocycles. The SMILES string of the molecule is Cc1c(Cl)nc2ncnn2c1NCc1cnn(C)c1. The summed E-state index contributed by atoms with van der Waals surface area (Å²) in [6.07, 6.45) is 5.21. The zero-order valence-corrected chi connectivity index (χ0v) is 11.3. The molecule has 0 bridgehead atoms. The Morgan fingerprint density at radius 1 is 1.37 bits per heavy atom. The van der Waals surface area contributed by atoms with E-state index in [-0.39, 0.29) is 0 Å². The summed E-state index contributed by atoms with van der Waals surface area (Å²) in [6.45, 7) is 2.52. The molecule has 0 unspecified atom stereocenters. The molecule has 7 nitrogen and oxygen atoms in total. The first kappa shape index (κ1) is 11.9. The summed E-state index contributed by atoms with van der Waals surface area (Å²) in [4.78, 5) is 8.19. The number of halogens is 1. The minimum atomic E-state index is 0.425. The number of hydrogen-bond donors (Lipinski definition) is 1. The minimum Gasteiger partial charge on any atom is -0.365 e. The van der Waals surface area contributed by atoms with E-state index in [1.54, 1.807) is 9.20 Å². The lowest BCUT2D eigenvalue weighted by molar-refractivity contribution is 0.767. The second-order valence-corrected chi connectivity index (χ2v) is 4.58. The fourth-order valence-electron chi connectivity index (χ4n) is 1.85. The van der Waals surface area contributed by atoms with Crippen molar-refractivity contribution in [3.05, 3.63) is 35.0 Å². The summed E-state index contributed by atoms with van der Waals surface area (Å²) in [5.74, 6) is 1.26. The van der Waals surface area contributed by atoms with Crippen LogP contribution in [-0.4, -0.2) is 29.4 Å². The van der Waals surface area contributed by atoms with Crippen LogP contribution in [0.3, 0.4) is 0 Å². The summed E-state index contributed by atoms with van der Waals surface area (Å²) in [6, 6.07) is 0. The van der Waals surface area contributed by atoms with Crippen LogP contribution in [0.5, 0.6) is 0 Å². The van der Waals surface area contributed by atoms with Crippen molar-refractivity contribution in [2.24, 2.45) is 7.05 Å². The number of aryl methyl sites for hydroxylation is 1. The molecule has 0 radical (unpaired) electrons. The van der Waals surface area contributed by atoms with E-state index in [1.807, 2.05) is 26.4 Å². The average molecular weight is 278 g/mol. The topological polar surface area (TPSA) is 72.9 Å². The Labute approximate surface area is 114 Å². The molecule has 0 atom stereocenters. The van der Waals surface area contributed by atoms with Crippen LogP contribution in [0.1, 0.15) is 11.1 Å². The number of nitrogens with zero attached hydrogens (tertiary/aromatic N) is 6. The maximum absolute atomic E-state index is 6.09. The molecule has 98 valence electrons. The van der Waals surface area contributed by atoms with Gasteiger partial charge in [0.2, 0.25) is 0 Å². The summed E-state index contributed by atoms with van der Waals surface area (Å²) in [7, 11) is 1.88. The largest absolute Gasteiger partial charge is 0.365 e. The van der Waals surface area contributed by atoms with Crippen LogP contribution in [0.4, 0.5) is 5.82 Å². The van der Waals surface area contributed by atoms with Gasteiger partial charge in [-0.2, -0.15) is 24.7 Å². The predicted molar refractivity (Wildman–Crippen MR) is 71.1 cm³/mol. The lowest BCUT2D eigenvalue weighted by Crippen LogP contribution is -2.08. The van der Waals surface area contributed by atoms with Crippen LogP contribution >= 0.6 is 11.6 Å². The van der Waals surface area contributed by atoms with Crippen LogP contribution in [-0.2, 0) is 13.6 Å². The Bertz CT molecular complexity index is 730. The monoisotopic (exact) mass is 277 g/mol. The molecular formula is C11H12ClN7. The van der Waals surface area contributed by atoms with Gasteiger partial charge in [0, 0.05) is 30.9 Å². The first-order chi connectivity index (χ1) is 9.15. The Kier molecular flexibility index (Phi) is 2.83. The zero-order valence-electron chi connectivity index (χ0n) is 10.5. The van der Waals surface area contributed by atoms with Crippen LogP contribution in [0.2, 0.25) is 5.15 Å². The minimum absolute atomic E-state index is 0.425. The van der Waals surface area contributed by atoms with E-state index in [4.69, 9.17) is 11.6 Å². The first-order valence-electron chi connectivity index (χ1n) is 5.72. The predicted octanol–water partition coefficient (Wildman–Crippen LogP) is 1.43. The molecule has 0 aliphatic heterocycles. The zero-order chi connectivity index (χ0) is 13.4. The van der Waals surface area contributed by atoms with Crippen molar-refractivity contribution in [2.75, 3.05) is 5.32 Å². The van der Waals surface area contributed by atoms with E-state index in [2.05, 4.69) is 25.5 Å². The van der Waals surface area contributed by atoms with E-state index >= 15 is 0 Å². The van der Waals surface area contributed by atoms with Gasteiger partial charge in [-0.1, -0.05) is 11.6 Å². The average Bonchev–Trinajstić information content (AvgIpc) is 2.99. The van der Waals surface area contributed by atoms with Gasteiger partial charge in [-0.05, 0) is 6.92 Å². The fourth-order valence-corrected chi connectivity index (χ4v) is 2.02. The van der Waals surface area contributed by atoms with Gasteiger partial charge in [-0.15, -0.1) is 0 Å². The van der Waals surface area contributed by atoms with Gasteiger partial charge < -0.3 is 5.32 Å². The van der Waals surface area contributed by atoms with Crippen molar-refractivity contribution in [2.45, 2.75) is 13.5 Å². The maximum atomic E-state index is 6.09. The Hall–Kier alpha value is -2.15. The molecule has 0 spiro atoms. The molecule has 19 heavy (non-hydrogen) atoms. The number of aromatic nitrogens is 6. The lowest BCUT2D eigenvalue weighted by Gasteiger charge is -2.10. The molecule has 3 aromatic rings. The van der Waals surface area contributed by atoms with Crippen molar-refractivity contribution in [1.29, 1.82) is 0 Å². The number of fused-ring (bicyclic) bond motifs is 1. The van der Waals surface area contributed by atoms with Gasteiger partial charge in [0.1, 0.15) is 17.3 Å². The summed E-state index contributed by atoms with van der Waals surface area (Å²) < 4.78 is 3.39. The van der Waals surface area contributed by atoms with Crippen LogP contribution in [0.25, 0.3) is 5.78 Å². The number of nitrogens with one attached hydrogen (secondary N) is 1. The highest BCUT2D eigenvalue weighted by molar-refractivity contribution is 6.30. The third-order valence-electron chi connectivity index (χ3n) is 2.82. The van der Waals surface area contributed by atoms with Crippen molar-refractivity contribution in [3.63, 3.8) is 0 Å². The van der Waals surface area contributed by atoms with Gasteiger partial charge in [-0.25, -0.2) is 0 Å². The van der Waals surface area contributed by atoms with Gasteiger partial charge in [0.15, 0.2) is 0 Å². The van der Waals surface area contributed by atoms with Crippen molar-refractivity contribution >= 4 is 23.2 Å². The molecule has 3 aromatic heterocycles. The molecule has 0 saturated heterocycles. The van der Waals surface area contributed by atoms with E-state index < -0.39 is 0 Å². The van der Waals surface area contributed by atoms with Crippen LogP contribution in [0, 0.1) is 6.92 Å². The third-order valence-corrected chi connectivity index (χ3v) is 3.19. The van der Waals surface area contributed by atoms with E-state index in [9.17, 15) is 0 Å². The van der Waals surface area contributed by atoms with Crippen LogP contribution < -0.4 is 5.32 Å². The molecule has 0 saturated carbocycles. The third kappa shape index (κ3) is 2.12. The Morgan fingerprint density at radius 2 is 2.21 bits per heavy atom. The molecule has 1 N–H and O–H groups in total. The van der Waals surface area contributed by atoms with Gasteiger partial charge in [-0.3, -0.25) is 4.68 Å². The van der Waals surface area contributed by atoms with Crippen molar-refractivity contribution < 1.29 is 0 Å². The summed E-state index contributed by atoms with van der Waals surface area (Å²) >= 11 is 6.09. The van der Waals surface area contributed by atoms with E-state index in [0.29, 0.717) is 17.5 Å². The van der Waals surface area contributed by atoms with E-state index in [0.717, 1.165) is 16.9 Å². The Balaban J connectivity index is 1.95. The first-order valence-corrected chi connectivity index (χ1v) is 6.10. The molecule has 0 amide bonds. The van der Waals surface area contributed by atoms with Crippen molar-refractivity contribution in [3.8, 4) is 0 Å². The van der Waals surface area contributed by atoms with Crippen LogP contribution in [0.15, 0.2) is 18.7 Å².